The van der Waals surface area contributed by atoms with Crippen molar-refractivity contribution in [2.24, 2.45) is 11.1 Å². The summed E-state index contributed by atoms with van der Waals surface area (Å²) >= 11 is 2.17. The van der Waals surface area contributed by atoms with E-state index in [1.807, 2.05) is 13.8 Å². The molecule has 2 atom stereocenters. The molecule has 10 nitrogen and oxygen atoms in total. The van der Waals surface area contributed by atoms with Gasteiger partial charge in [0.1, 0.15) is 11.8 Å². The number of rotatable bonds is 4. The van der Waals surface area contributed by atoms with Gasteiger partial charge in [-0.05, 0) is 24.3 Å². The summed E-state index contributed by atoms with van der Waals surface area (Å²) in [7, 11) is -3.86. The average Bonchev–Trinajstić information content (AvgIpc) is 3.15. The molecule has 0 radical (unpaired) electrons. The van der Waals surface area contributed by atoms with E-state index < -0.39 is 50.9 Å². The van der Waals surface area contributed by atoms with E-state index in [0.717, 1.165) is 32.9 Å². The minimum atomic E-state index is -3.86. The Morgan fingerprint density at radius 3 is 2.45 bits per heavy atom. The number of thiazole rings is 1. The number of amides is 3. The Hall–Kier alpha value is -2.48. The van der Waals surface area contributed by atoms with Gasteiger partial charge in [-0.2, -0.15) is 0 Å². The van der Waals surface area contributed by atoms with Gasteiger partial charge in [-0.25, -0.2) is 13.6 Å². The number of aromatic nitrogens is 1. The molecule has 2 aromatic rings. The lowest BCUT2D eigenvalue weighted by atomic mass is 9.76. The first-order valence-corrected chi connectivity index (χ1v) is 12.3. The minimum absolute atomic E-state index is 0.107. The summed E-state index contributed by atoms with van der Waals surface area (Å²) < 4.78 is 22.6. The number of hydrogen-bond acceptors (Lipinski definition) is 8. The number of thioether (sulfide) groups is 1. The number of anilines is 1. The van der Waals surface area contributed by atoms with Crippen molar-refractivity contribution in [3.8, 4) is 0 Å². The molecule has 31 heavy (non-hydrogen) atoms. The quantitative estimate of drug-likeness (QED) is 0.534. The standard InChI is InChI=1S/C18H18N4O6S3/c1-18(2)11-12(29-14-13(18)30-17(26)21-14)16(25)22(15(11)24)7-10(23)20-8-3-5-9(6-4-8)31(19,27)28/h3-6,11-12H,7H2,1-2H3,(H,20,23)(H,21,26)(H2,19,27,28)/t11-,12-/m0/s1. The first kappa shape index (κ1) is 21.7. The fourth-order valence-corrected chi connectivity index (χ4v) is 7.14. The lowest BCUT2D eigenvalue weighted by Crippen LogP contribution is -2.42. The predicted molar refractivity (Wildman–Crippen MR) is 114 cm³/mol. The highest BCUT2D eigenvalue weighted by Crippen LogP contribution is 2.52. The van der Waals surface area contributed by atoms with Crippen molar-refractivity contribution in [1.29, 1.82) is 0 Å². The highest BCUT2D eigenvalue weighted by Gasteiger charge is 2.59. The molecule has 164 valence electrons. The number of hydrogen-bond donors (Lipinski definition) is 3. The smallest absolute Gasteiger partial charge is 0.305 e. The third-order valence-corrected chi connectivity index (χ3v) is 8.89. The van der Waals surface area contributed by atoms with Crippen molar-refractivity contribution in [3.63, 3.8) is 0 Å². The molecule has 1 fully saturated rings. The van der Waals surface area contributed by atoms with Crippen LogP contribution in [0.5, 0.6) is 0 Å². The van der Waals surface area contributed by atoms with E-state index in [9.17, 15) is 27.6 Å². The average molecular weight is 483 g/mol. The SMILES string of the molecule is CC1(C)c2sc(=O)[nH]c2S[C@@H]2C(=O)N(CC(=O)Nc3ccc(S(N)(=O)=O)cc3)C(=O)[C@H]21. The topological polar surface area (TPSA) is 160 Å². The third kappa shape index (κ3) is 3.71. The van der Waals surface area contributed by atoms with Gasteiger partial charge in [0.05, 0.1) is 15.8 Å². The maximum absolute atomic E-state index is 13.1. The minimum Gasteiger partial charge on any atom is -0.325 e. The van der Waals surface area contributed by atoms with Crippen molar-refractivity contribution in [2.45, 2.75) is 34.4 Å². The fraction of sp³-hybridized carbons (Fsp3) is 0.333. The molecular weight excluding hydrogens is 464 g/mol. The largest absolute Gasteiger partial charge is 0.325 e. The number of imide groups is 1. The first-order chi connectivity index (χ1) is 14.4. The predicted octanol–water partition coefficient (Wildman–Crippen LogP) is 0.459. The number of benzene rings is 1. The molecular formula is C18H18N4O6S3. The maximum atomic E-state index is 13.1. The van der Waals surface area contributed by atoms with Gasteiger partial charge in [-0.15, -0.1) is 0 Å². The summed E-state index contributed by atoms with van der Waals surface area (Å²) in [5.74, 6) is -2.23. The van der Waals surface area contributed by atoms with E-state index in [2.05, 4.69) is 10.3 Å². The van der Waals surface area contributed by atoms with Crippen molar-refractivity contribution in [1.82, 2.24) is 9.88 Å². The third-order valence-electron chi connectivity index (χ3n) is 5.34. The molecule has 2 aliphatic rings. The molecule has 0 spiro atoms. The highest BCUT2D eigenvalue weighted by molar-refractivity contribution is 8.00. The zero-order chi connectivity index (χ0) is 22.7. The number of carbonyl (C=O) groups excluding carboxylic acids is 3. The monoisotopic (exact) mass is 482 g/mol. The van der Waals surface area contributed by atoms with E-state index >= 15 is 0 Å². The lowest BCUT2D eigenvalue weighted by Gasteiger charge is -2.36. The Kier molecular flexibility index (Phi) is 5.11. The molecule has 3 amide bonds. The number of nitrogens with one attached hydrogen (secondary N) is 2. The number of aromatic amines is 1. The van der Waals surface area contributed by atoms with Gasteiger partial charge in [-0.3, -0.25) is 24.1 Å². The van der Waals surface area contributed by atoms with Crippen molar-refractivity contribution in [3.05, 3.63) is 38.8 Å². The number of nitrogens with two attached hydrogens (primary N) is 1. The van der Waals surface area contributed by atoms with Crippen LogP contribution in [0.4, 0.5) is 5.69 Å². The molecule has 0 aliphatic carbocycles. The van der Waals surface area contributed by atoms with E-state index in [-0.39, 0.29) is 9.77 Å². The number of carbonyl (C=O) groups is 3. The zero-order valence-electron chi connectivity index (χ0n) is 16.4. The highest BCUT2D eigenvalue weighted by atomic mass is 32.2. The van der Waals surface area contributed by atoms with E-state index in [1.54, 1.807) is 0 Å². The van der Waals surface area contributed by atoms with Gasteiger partial charge in [0.25, 0.3) is 0 Å². The fourth-order valence-electron chi connectivity index (χ4n) is 3.82. The van der Waals surface area contributed by atoms with E-state index in [0.29, 0.717) is 10.7 Å². The lowest BCUT2D eigenvalue weighted by molar-refractivity contribution is -0.142. The Labute approximate surface area is 185 Å². The molecule has 0 unspecified atom stereocenters. The number of primary sulfonamides is 1. The van der Waals surface area contributed by atoms with Crippen LogP contribution >= 0.6 is 23.1 Å². The summed E-state index contributed by atoms with van der Waals surface area (Å²) in [6.45, 7) is 3.16. The number of likely N-dealkylation sites (tertiary alicyclic amines) is 1. The van der Waals surface area contributed by atoms with Crippen LogP contribution in [0, 0.1) is 5.92 Å². The second kappa shape index (κ2) is 7.29. The van der Waals surface area contributed by atoms with Crippen molar-refractivity contribution in [2.75, 3.05) is 11.9 Å². The number of sulfonamides is 1. The molecule has 1 aromatic carbocycles. The van der Waals surface area contributed by atoms with Gasteiger partial charge in [0.15, 0.2) is 0 Å². The van der Waals surface area contributed by atoms with Crippen LogP contribution in [0.25, 0.3) is 0 Å². The summed E-state index contributed by atoms with van der Waals surface area (Å²) in [5, 5.41) is 7.45. The second-order valence-electron chi connectivity index (χ2n) is 7.79. The van der Waals surface area contributed by atoms with Crippen LogP contribution in [-0.2, 0) is 29.8 Å². The molecule has 4 rings (SSSR count). The Morgan fingerprint density at radius 1 is 1.19 bits per heavy atom. The van der Waals surface area contributed by atoms with Gasteiger partial charge < -0.3 is 10.3 Å². The van der Waals surface area contributed by atoms with Gasteiger partial charge in [-0.1, -0.05) is 36.9 Å². The molecule has 0 saturated carbocycles. The summed E-state index contributed by atoms with van der Waals surface area (Å²) in [6, 6.07) is 5.20. The van der Waals surface area contributed by atoms with Crippen LogP contribution in [-0.4, -0.2) is 47.8 Å². The molecule has 13 heteroatoms. The van der Waals surface area contributed by atoms with Crippen LogP contribution in [0.1, 0.15) is 18.7 Å². The second-order valence-corrected chi connectivity index (χ2v) is 11.5. The molecule has 4 N–H and O–H groups in total. The molecule has 1 aromatic heterocycles. The van der Waals surface area contributed by atoms with Crippen LogP contribution in [0.15, 0.2) is 39.0 Å². The van der Waals surface area contributed by atoms with Crippen molar-refractivity contribution < 1.29 is 22.8 Å². The normalized spacial score (nSPS) is 22.2. The molecule has 0 bridgehead atoms. The van der Waals surface area contributed by atoms with Gasteiger partial charge in [0, 0.05) is 16.0 Å². The molecule has 3 heterocycles. The van der Waals surface area contributed by atoms with Crippen LogP contribution in [0.3, 0.4) is 0 Å². The molecule has 2 aliphatic heterocycles. The van der Waals surface area contributed by atoms with E-state index in [4.69, 9.17) is 5.14 Å². The maximum Gasteiger partial charge on any atom is 0.305 e. The molecule has 1 saturated heterocycles. The number of fused-ring (bicyclic) bond motifs is 2. The first-order valence-electron chi connectivity index (χ1n) is 9.08. The summed E-state index contributed by atoms with van der Waals surface area (Å²) in [5.41, 5.74) is -0.445. The van der Waals surface area contributed by atoms with Gasteiger partial charge in [0.2, 0.25) is 27.7 Å². The van der Waals surface area contributed by atoms with Crippen molar-refractivity contribution >= 4 is 56.5 Å². The zero-order valence-corrected chi connectivity index (χ0v) is 18.8. The number of H-pyrrole nitrogens is 1. The summed E-state index contributed by atoms with van der Waals surface area (Å²) in [6.07, 6.45) is 0. The van der Waals surface area contributed by atoms with Gasteiger partial charge >= 0.3 is 4.87 Å². The Bertz CT molecular complexity index is 1260. The summed E-state index contributed by atoms with van der Waals surface area (Å²) in [4.78, 5) is 54.3. The van der Waals surface area contributed by atoms with Crippen LogP contribution in [0.2, 0.25) is 0 Å². The Morgan fingerprint density at radius 2 is 1.84 bits per heavy atom. The number of nitrogens with zero attached hydrogens (tertiary/aromatic N) is 1. The van der Waals surface area contributed by atoms with Crippen LogP contribution < -0.4 is 15.3 Å². The van der Waals surface area contributed by atoms with E-state index in [1.165, 1.54) is 24.3 Å². The Balaban J connectivity index is 1.51.